The Morgan fingerprint density at radius 2 is 2.55 bits per heavy atom. The van der Waals surface area contributed by atoms with Crippen molar-refractivity contribution in [1.82, 2.24) is 15.4 Å². The van der Waals surface area contributed by atoms with Crippen LogP contribution >= 0.6 is 0 Å². The van der Waals surface area contributed by atoms with E-state index in [0.29, 0.717) is 5.69 Å². The third kappa shape index (κ3) is 1.74. The minimum absolute atomic E-state index is 0.335. The van der Waals surface area contributed by atoms with Crippen molar-refractivity contribution in [2.75, 3.05) is 0 Å². The van der Waals surface area contributed by atoms with E-state index in [1.165, 1.54) is 6.33 Å². The van der Waals surface area contributed by atoms with E-state index in [1.807, 2.05) is 0 Å². The average Bonchev–Trinajstić information content (AvgIpc) is 2.09. The van der Waals surface area contributed by atoms with Crippen molar-refractivity contribution in [1.29, 1.82) is 0 Å². The first-order valence-corrected chi connectivity index (χ1v) is 3.06. The van der Waals surface area contributed by atoms with Crippen molar-refractivity contribution >= 4 is 0 Å². The molecule has 1 aromatic heterocycles. The molecule has 0 radical (unpaired) electrons. The summed E-state index contributed by atoms with van der Waals surface area (Å²) in [7, 11) is 0. The van der Waals surface area contributed by atoms with Gasteiger partial charge in [-0.2, -0.15) is 0 Å². The molecule has 0 bridgehead atoms. The van der Waals surface area contributed by atoms with Gasteiger partial charge >= 0.3 is 0 Å². The third-order valence-corrected chi connectivity index (χ3v) is 1.23. The molecule has 1 aromatic rings. The lowest BCUT2D eigenvalue weighted by molar-refractivity contribution is 0.654. The summed E-state index contributed by atoms with van der Waals surface area (Å²) in [4.78, 5) is 7.67. The van der Waals surface area contributed by atoms with Crippen LogP contribution in [0.1, 0.15) is 11.7 Å². The summed E-state index contributed by atoms with van der Waals surface area (Å²) in [5.41, 5.74) is 3.14. The van der Waals surface area contributed by atoms with Crippen LogP contribution < -0.4 is 11.3 Å². The number of aromatic nitrogens is 2. The second-order valence-corrected chi connectivity index (χ2v) is 1.90. The highest BCUT2D eigenvalue weighted by molar-refractivity contribution is 5.15. The van der Waals surface area contributed by atoms with E-state index in [-0.39, 0.29) is 6.04 Å². The monoisotopic (exact) mass is 148 g/mol. The minimum Gasteiger partial charge on any atom is -0.270 e. The van der Waals surface area contributed by atoms with Crippen molar-refractivity contribution in [2.45, 2.75) is 6.04 Å². The van der Waals surface area contributed by atoms with Gasteiger partial charge in [0.1, 0.15) is 12.4 Å². The fraction of sp³-hybridized carbons (Fsp3) is 0.143. The van der Waals surface area contributed by atoms with Gasteiger partial charge in [-0.3, -0.25) is 5.84 Å². The molecular formula is C7H8N4. The third-order valence-electron chi connectivity index (χ3n) is 1.23. The van der Waals surface area contributed by atoms with Crippen molar-refractivity contribution in [2.24, 2.45) is 5.84 Å². The van der Waals surface area contributed by atoms with E-state index in [4.69, 9.17) is 12.3 Å². The molecule has 1 rings (SSSR count). The molecule has 1 heterocycles. The molecule has 0 aliphatic carbocycles. The maximum Gasteiger partial charge on any atom is 0.124 e. The van der Waals surface area contributed by atoms with Gasteiger partial charge < -0.3 is 0 Å². The van der Waals surface area contributed by atoms with Gasteiger partial charge in [-0.1, -0.05) is 5.92 Å². The minimum atomic E-state index is -0.335. The SMILES string of the molecule is C#CC(NN)c1ccncn1. The highest BCUT2D eigenvalue weighted by Gasteiger charge is 2.04. The van der Waals surface area contributed by atoms with Crippen LogP contribution in [0.25, 0.3) is 0 Å². The van der Waals surface area contributed by atoms with Gasteiger partial charge in [-0.05, 0) is 6.07 Å². The topological polar surface area (TPSA) is 63.8 Å². The summed E-state index contributed by atoms with van der Waals surface area (Å²) in [6.07, 6.45) is 8.21. The van der Waals surface area contributed by atoms with Crippen LogP contribution in [0.3, 0.4) is 0 Å². The lowest BCUT2D eigenvalue weighted by atomic mass is 10.2. The Hall–Kier alpha value is -1.44. The zero-order valence-corrected chi connectivity index (χ0v) is 5.86. The predicted octanol–water partition coefficient (Wildman–Crippen LogP) is -0.386. The highest BCUT2D eigenvalue weighted by atomic mass is 15.2. The number of terminal acetylenes is 1. The van der Waals surface area contributed by atoms with Gasteiger partial charge in [0.2, 0.25) is 0 Å². The highest BCUT2D eigenvalue weighted by Crippen LogP contribution is 2.03. The van der Waals surface area contributed by atoms with Crippen molar-refractivity contribution in [3.63, 3.8) is 0 Å². The lowest BCUT2D eigenvalue weighted by Crippen LogP contribution is -2.27. The Bertz CT molecular complexity index is 251. The van der Waals surface area contributed by atoms with E-state index in [2.05, 4.69) is 21.3 Å². The average molecular weight is 148 g/mol. The fourth-order valence-electron chi connectivity index (χ4n) is 0.691. The van der Waals surface area contributed by atoms with Gasteiger partial charge in [-0.15, -0.1) is 6.42 Å². The molecule has 0 saturated heterocycles. The summed E-state index contributed by atoms with van der Waals surface area (Å²) >= 11 is 0. The molecule has 0 aliphatic rings. The van der Waals surface area contributed by atoms with E-state index in [9.17, 15) is 0 Å². The summed E-state index contributed by atoms with van der Waals surface area (Å²) in [5, 5.41) is 0. The number of hydrazine groups is 1. The van der Waals surface area contributed by atoms with Crippen molar-refractivity contribution in [3.8, 4) is 12.3 Å². The Balaban J connectivity index is 2.85. The van der Waals surface area contributed by atoms with E-state index >= 15 is 0 Å². The zero-order chi connectivity index (χ0) is 8.10. The molecule has 1 atom stereocenters. The van der Waals surface area contributed by atoms with Gasteiger partial charge in [-0.25, -0.2) is 15.4 Å². The molecule has 0 fully saturated rings. The van der Waals surface area contributed by atoms with Crippen LogP contribution in [0.15, 0.2) is 18.6 Å². The smallest absolute Gasteiger partial charge is 0.124 e. The summed E-state index contributed by atoms with van der Waals surface area (Å²) in [6, 6.07) is 1.38. The molecule has 11 heavy (non-hydrogen) atoms. The largest absolute Gasteiger partial charge is 0.270 e. The molecule has 0 aromatic carbocycles. The maximum absolute atomic E-state index is 5.16. The Morgan fingerprint density at radius 3 is 3.00 bits per heavy atom. The predicted molar refractivity (Wildman–Crippen MR) is 40.9 cm³/mol. The van der Waals surface area contributed by atoms with Crippen LogP contribution in [0.4, 0.5) is 0 Å². The van der Waals surface area contributed by atoms with Gasteiger partial charge in [0.05, 0.1) is 5.69 Å². The molecule has 0 amide bonds. The normalized spacial score (nSPS) is 12.0. The first-order valence-electron chi connectivity index (χ1n) is 3.06. The quantitative estimate of drug-likeness (QED) is 0.341. The number of rotatable bonds is 2. The number of nitrogens with zero attached hydrogens (tertiary/aromatic N) is 2. The van der Waals surface area contributed by atoms with Gasteiger partial charge in [0, 0.05) is 6.20 Å². The molecule has 3 N–H and O–H groups in total. The summed E-state index contributed by atoms with van der Waals surface area (Å²) in [5.74, 6) is 7.60. The van der Waals surface area contributed by atoms with Crippen LogP contribution in [-0.4, -0.2) is 9.97 Å². The second kappa shape index (κ2) is 3.66. The maximum atomic E-state index is 5.16. The zero-order valence-electron chi connectivity index (χ0n) is 5.86. The van der Waals surface area contributed by atoms with Gasteiger partial charge in [0.15, 0.2) is 0 Å². The van der Waals surface area contributed by atoms with Crippen LogP contribution in [0.5, 0.6) is 0 Å². The van der Waals surface area contributed by atoms with E-state index in [0.717, 1.165) is 0 Å². The standard InChI is InChI=1S/C7H8N4/c1-2-6(11-8)7-3-4-9-5-10-7/h1,3-6,11H,8H2. The Kier molecular flexibility index (Phi) is 2.55. The number of nitrogens with one attached hydrogen (secondary N) is 1. The van der Waals surface area contributed by atoms with Crippen molar-refractivity contribution in [3.05, 3.63) is 24.3 Å². The molecule has 56 valence electrons. The molecule has 0 aliphatic heterocycles. The van der Waals surface area contributed by atoms with E-state index in [1.54, 1.807) is 12.3 Å². The van der Waals surface area contributed by atoms with Crippen molar-refractivity contribution < 1.29 is 0 Å². The summed E-state index contributed by atoms with van der Waals surface area (Å²) in [6.45, 7) is 0. The van der Waals surface area contributed by atoms with Gasteiger partial charge in [0.25, 0.3) is 0 Å². The number of hydrogen-bond donors (Lipinski definition) is 2. The molecule has 0 saturated carbocycles. The fourth-order valence-corrected chi connectivity index (χ4v) is 0.691. The molecule has 4 nitrogen and oxygen atoms in total. The first-order chi connectivity index (χ1) is 5.38. The van der Waals surface area contributed by atoms with Crippen LogP contribution in [0, 0.1) is 12.3 Å². The van der Waals surface area contributed by atoms with Crippen LogP contribution in [0.2, 0.25) is 0 Å². The lowest BCUT2D eigenvalue weighted by Gasteiger charge is -2.05. The molecule has 4 heteroatoms. The van der Waals surface area contributed by atoms with Crippen LogP contribution in [-0.2, 0) is 0 Å². The second-order valence-electron chi connectivity index (χ2n) is 1.90. The summed E-state index contributed by atoms with van der Waals surface area (Å²) < 4.78 is 0. The molecular weight excluding hydrogens is 140 g/mol. The number of nitrogens with two attached hydrogens (primary N) is 1. The molecule has 0 spiro atoms. The Morgan fingerprint density at radius 1 is 1.73 bits per heavy atom. The molecule has 1 unspecified atom stereocenters. The van der Waals surface area contributed by atoms with E-state index < -0.39 is 0 Å². The Labute approximate surface area is 64.8 Å². The number of hydrogen-bond acceptors (Lipinski definition) is 4. The first kappa shape index (κ1) is 7.66.